The van der Waals surface area contributed by atoms with Crippen LogP contribution < -0.4 is 5.32 Å². The van der Waals surface area contributed by atoms with Gasteiger partial charge < -0.3 is 10.2 Å². The summed E-state index contributed by atoms with van der Waals surface area (Å²) < 4.78 is 0. The van der Waals surface area contributed by atoms with Gasteiger partial charge in [-0.1, -0.05) is 19.3 Å². The van der Waals surface area contributed by atoms with Crippen molar-refractivity contribution >= 4 is 41.3 Å². The van der Waals surface area contributed by atoms with Crippen LogP contribution in [0.1, 0.15) is 55.3 Å². The molecule has 0 amide bonds. The highest BCUT2D eigenvalue weighted by molar-refractivity contribution is 14.0. The van der Waals surface area contributed by atoms with E-state index in [4.69, 9.17) is 4.99 Å². The highest BCUT2D eigenvalue weighted by Gasteiger charge is 2.39. The van der Waals surface area contributed by atoms with Crippen LogP contribution in [0.15, 0.2) is 11.2 Å². The van der Waals surface area contributed by atoms with Gasteiger partial charge in [0.2, 0.25) is 0 Å². The molecule has 2 aliphatic rings. The number of aliphatic imine (C=N–C) groups is 1. The third-order valence-corrected chi connectivity index (χ3v) is 5.94. The molecule has 1 aromatic rings. The van der Waals surface area contributed by atoms with Gasteiger partial charge in [-0.25, -0.2) is 9.98 Å². The van der Waals surface area contributed by atoms with Gasteiger partial charge in [0.25, 0.3) is 0 Å². The second-order valence-electron chi connectivity index (χ2n) is 6.75. The zero-order valence-electron chi connectivity index (χ0n) is 14.3. The van der Waals surface area contributed by atoms with E-state index in [9.17, 15) is 0 Å². The zero-order valence-corrected chi connectivity index (χ0v) is 17.5. The summed E-state index contributed by atoms with van der Waals surface area (Å²) in [6, 6.07) is 0. The largest absolute Gasteiger partial charge is 0.357 e. The van der Waals surface area contributed by atoms with E-state index in [0.717, 1.165) is 30.6 Å². The van der Waals surface area contributed by atoms with Crippen LogP contribution in [0.3, 0.4) is 0 Å². The minimum atomic E-state index is 0. The van der Waals surface area contributed by atoms with Crippen molar-refractivity contribution in [2.24, 2.45) is 10.4 Å². The smallest absolute Gasteiger partial charge is 0.194 e. The summed E-state index contributed by atoms with van der Waals surface area (Å²) >= 11 is 1.75. The predicted molar refractivity (Wildman–Crippen MR) is 109 cm³/mol. The van der Waals surface area contributed by atoms with E-state index in [1.807, 2.05) is 6.20 Å². The molecule has 1 saturated heterocycles. The van der Waals surface area contributed by atoms with Crippen molar-refractivity contribution < 1.29 is 0 Å². The first-order valence-electron chi connectivity index (χ1n) is 8.65. The van der Waals surface area contributed by atoms with E-state index in [2.05, 4.69) is 29.0 Å². The number of aryl methyl sites for hydroxylation is 1. The van der Waals surface area contributed by atoms with Crippen LogP contribution in [0.2, 0.25) is 0 Å². The molecule has 0 radical (unpaired) electrons. The molecule has 1 aliphatic heterocycles. The van der Waals surface area contributed by atoms with Gasteiger partial charge in [-0.3, -0.25) is 0 Å². The molecule has 2 fully saturated rings. The van der Waals surface area contributed by atoms with Crippen molar-refractivity contribution in [3.05, 3.63) is 16.1 Å². The number of halogens is 1. The summed E-state index contributed by atoms with van der Waals surface area (Å²) in [5, 5.41) is 4.61. The predicted octanol–water partition coefficient (Wildman–Crippen LogP) is 4.19. The molecule has 4 nitrogen and oxygen atoms in total. The number of nitrogens with zero attached hydrogens (tertiary/aromatic N) is 3. The molecule has 2 heterocycles. The summed E-state index contributed by atoms with van der Waals surface area (Å²) in [4.78, 5) is 12.9. The monoisotopic (exact) mass is 448 g/mol. The van der Waals surface area contributed by atoms with Gasteiger partial charge in [0, 0.05) is 30.7 Å². The van der Waals surface area contributed by atoms with Crippen molar-refractivity contribution in [3.8, 4) is 0 Å². The maximum Gasteiger partial charge on any atom is 0.194 e. The summed E-state index contributed by atoms with van der Waals surface area (Å²) in [6.07, 6.45) is 10.4. The van der Waals surface area contributed by atoms with E-state index in [1.54, 1.807) is 11.3 Å². The number of rotatable bonds is 3. The van der Waals surface area contributed by atoms with Crippen molar-refractivity contribution in [3.63, 3.8) is 0 Å². The minimum Gasteiger partial charge on any atom is -0.357 e. The first-order valence-corrected chi connectivity index (χ1v) is 9.47. The highest BCUT2D eigenvalue weighted by atomic mass is 127. The molecular weight excluding hydrogens is 419 g/mol. The Balaban J connectivity index is 0.00000192. The number of hydrogen-bond donors (Lipinski definition) is 1. The van der Waals surface area contributed by atoms with Gasteiger partial charge in [0.05, 0.1) is 11.6 Å². The van der Waals surface area contributed by atoms with Gasteiger partial charge in [0.15, 0.2) is 5.96 Å². The number of thiazole rings is 1. The lowest BCUT2D eigenvalue weighted by Crippen LogP contribution is -2.41. The second-order valence-corrected chi connectivity index (χ2v) is 8.07. The van der Waals surface area contributed by atoms with Crippen molar-refractivity contribution in [2.45, 2.75) is 58.9 Å². The summed E-state index contributed by atoms with van der Waals surface area (Å²) in [7, 11) is 0. The lowest BCUT2D eigenvalue weighted by molar-refractivity contribution is 0.203. The fourth-order valence-electron chi connectivity index (χ4n) is 3.88. The van der Waals surface area contributed by atoms with E-state index in [-0.39, 0.29) is 24.0 Å². The number of hydrogen-bond acceptors (Lipinski definition) is 3. The summed E-state index contributed by atoms with van der Waals surface area (Å²) in [5.74, 6) is 1.09. The Morgan fingerprint density at radius 2 is 2.13 bits per heavy atom. The number of nitrogens with one attached hydrogen (secondary N) is 1. The van der Waals surface area contributed by atoms with Gasteiger partial charge in [-0.05, 0) is 38.5 Å². The standard InChI is InChI=1S/C17H28N4S.HI/c1-3-18-16(20-12-15-11-19-14(2)22-15)21-10-9-17(13-21)7-5-4-6-8-17;/h11H,3-10,12-13H2,1-2H3,(H,18,20);1H. The molecule has 1 spiro atoms. The SMILES string of the molecule is CCNC(=NCc1cnc(C)s1)N1CCC2(CCCCC2)C1.I. The Kier molecular flexibility index (Phi) is 7.13. The Hall–Kier alpha value is -0.370. The molecule has 23 heavy (non-hydrogen) atoms. The molecule has 130 valence electrons. The molecule has 0 unspecified atom stereocenters. The molecule has 1 N–H and O–H groups in total. The second kappa shape index (κ2) is 8.65. The van der Waals surface area contributed by atoms with Crippen LogP contribution in [-0.4, -0.2) is 35.5 Å². The fraction of sp³-hybridized carbons (Fsp3) is 0.765. The molecule has 0 atom stereocenters. The Labute approximate surface area is 161 Å². The van der Waals surface area contributed by atoms with Gasteiger partial charge in [-0.2, -0.15) is 0 Å². The molecule has 1 aromatic heterocycles. The normalized spacial score (nSPS) is 20.6. The quantitative estimate of drug-likeness (QED) is 0.428. The first kappa shape index (κ1) is 19.0. The molecule has 1 saturated carbocycles. The number of aromatic nitrogens is 1. The minimum absolute atomic E-state index is 0. The van der Waals surface area contributed by atoms with Crippen LogP contribution in [0.4, 0.5) is 0 Å². The Morgan fingerprint density at radius 1 is 1.35 bits per heavy atom. The van der Waals surface area contributed by atoms with E-state index in [0.29, 0.717) is 5.41 Å². The average Bonchev–Trinajstić information content (AvgIpc) is 3.11. The van der Waals surface area contributed by atoms with Crippen molar-refractivity contribution in [1.82, 2.24) is 15.2 Å². The van der Waals surface area contributed by atoms with E-state index in [1.165, 1.54) is 49.9 Å². The highest BCUT2D eigenvalue weighted by Crippen LogP contribution is 2.43. The van der Waals surface area contributed by atoms with Gasteiger partial charge in [0.1, 0.15) is 0 Å². The lowest BCUT2D eigenvalue weighted by atomic mass is 9.73. The summed E-state index contributed by atoms with van der Waals surface area (Å²) in [6.45, 7) is 8.24. The third kappa shape index (κ3) is 4.81. The van der Waals surface area contributed by atoms with E-state index >= 15 is 0 Å². The third-order valence-electron chi connectivity index (χ3n) is 5.04. The average molecular weight is 448 g/mol. The Morgan fingerprint density at radius 3 is 2.78 bits per heavy atom. The number of guanidine groups is 1. The first-order chi connectivity index (χ1) is 10.7. The molecule has 0 aromatic carbocycles. The van der Waals surface area contributed by atoms with Gasteiger partial charge in [-0.15, -0.1) is 35.3 Å². The molecule has 1 aliphatic carbocycles. The molecular formula is C17H29IN4S. The number of likely N-dealkylation sites (tertiary alicyclic amines) is 1. The van der Waals surface area contributed by atoms with Crippen molar-refractivity contribution in [2.75, 3.05) is 19.6 Å². The maximum absolute atomic E-state index is 4.86. The lowest BCUT2D eigenvalue weighted by Gasteiger charge is -2.33. The van der Waals surface area contributed by atoms with Crippen LogP contribution >= 0.6 is 35.3 Å². The molecule has 0 bridgehead atoms. The zero-order chi connectivity index (χ0) is 15.4. The molecule has 6 heteroatoms. The van der Waals surface area contributed by atoms with Crippen molar-refractivity contribution in [1.29, 1.82) is 0 Å². The maximum atomic E-state index is 4.86. The molecule has 3 rings (SSSR count). The topological polar surface area (TPSA) is 40.5 Å². The Bertz CT molecular complexity index is 522. The van der Waals surface area contributed by atoms with E-state index < -0.39 is 0 Å². The van der Waals surface area contributed by atoms with Crippen LogP contribution in [-0.2, 0) is 6.54 Å². The van der Waals surface area contributed by atoms with Crippen LogP contribution in [0.25, 0.3) is 0 Å². The van der Waals surface area contributed by atoms with Crippen LogP contribution in [0, 0.1) is 12.3 Å². The summed E-state index contributed by atoms with van der Waals surface area (Å²) in [5.41, 5.74) is 0.579. The van der Waals surface area contributed by atoms with Gasteiger partial charge >= 0.3 is 0 Å². The van der Waals surface area contributed by atoms with Crippen LogP contribution in [0.5, 0.6) is 0 Å². The fourth-order valence-corrected chi connectivity index (χ4v) is 4.60.